The van der Waals surface area contributed by atoms with E-state index in [1.54, 1.807) is 35.0 Å². The quantitative estimate of drug-likeness (QED) is 0.431. The van der Waals surface area contributed by atoms with Crippen molar-refractivity contribution >= 4 is 17.4 Å². The van der Waals surface area contributed by atoms with Crippen LogP contribution in [0.3, 0.4) is 0 Å². The van der Waals surface area contributed by atoms with Crippen molar-refractivity contribution < 1.29 is 9.53 Å². The predicted molar refractivity (Wildman–Crippen MR) is 122 cm³/mol. The number of anilines is 1. The van der Waals surface area contributed by atoms with Gasteiger partial charge in [-0.05, 0) is 55.0 Å². The smallest absolute Gasteiger partial charge is 0.256 e. The number of aromatic nitrogens is 4. The van der Waals surface area contributed by atoms with Gasteiger partial charge in [0.2, 0.25) is 0 Å². The number of rotatable bonds is 6. The molecule has 3 aromatic heterocycles. The van der Waals surface area contributed by atoms with Crippen molar-refractivity contribution in [2.75, 3.05) is 5.32 Å². The Bertz CT molecular complexity index is 1370. The van der Waals surface area contributed by atoms with Gasteiger partial charge in [-0.3, -0.25) is 4.79 Å². The van der Waals surface area contributed by atoms with E-state index >= 15 is 0 Å². The van der Waals surface area contributed by atoms with Crippen molar-refractivity contribution in [1.82, 2.24) is 19.2 Å². The summed E-state index contributed by atoms with van der Waals surface area (Å²) >= 11 is 0. The molecule has 0 aliphatic rings. The molecule has 0 aliphatic heterocycles. The van der Waals surface area contributed by atoms with Crippen molar-refractivity contribution in [3.8, 4) is 11.4 Å². The number of hydrogen-bond donors (Lipinski definition) is 1. The summed E-state index contributed by atoms with van der Waals surface area (Å²) < 4.78 is 9.54. The molecular weight excluding hydrogens is 402 g/mol. The second-order valence-electron chi connectivity index (χ2n) is 7.45. The van der Waals surface area contributed by atoms with Crippen LogP contribution < -0.4 is 10.1 Å². The van der Waals surface area contributed by atoms with Crippen molar-refractivity contribution in [2.24, 2.45) is 0 Å². The molecular formula is C25H21N5O2. The van der Waals surface area contributed by atoms with Crippen LogP contribution in [0, 0.1) is 6.92 Å². The third-order valence-corrected chi connectivity index (χ3v) is 5.00. The second kappa shape index (κ2) is 8.39. The van der Waals surface area contributed by atoms with Crippen molar-refractivity contribution in [1.29, 1.82) is 0 Å². The Kier molecular flexibility index (Phi) is 5.13. The van der Waals surface area contributed by atoms with Gasteiger partial charge in [-0.1, -0.05) is 24.3 Å². The van der Waals surface area contributed by atoms with Gasteiger partial charge in [0.15, 0.2) is 5.82 Å². The van der Waals surface area contributed by atoms with E-state index in [0.29, 0.717) is 23.7 Å². The zero-order valence-electron chi connectivity index (χ0n) is 17.5. The Morgan fingerprint density at radius 3 is 2.59 bits per heavy atom. The average molecular weight is 423 g/mol. The number of hydrogen-bond acceptors (Lipinski definition) is 4. The molecule has 5 aromatic rings. The lowest BCUT2D eigenvalue weighted by Gasteiger charge is -2.06. The van der Waals surface area contributed by atoms with Crippen LogP contribution in [-0.2, 0) is 6.61 Å². The summed E-state index contributed by atoms with van der Waals surface area (Å²) in [6.07, 6.45) is 5.80. The summed E-state index contributed by atoms with van der Waals surface area (Å²) in [6.45, 7) is 2.39. The Hall–Kier alpha value is -4.39. The number of aryl methyl sites for hydroxylation is 1. The number of carbonyl (C=O) groups excluding carboxylic acids is 1. The van der Waals surface area contributed by atoms with E-state index < -0.39 is 0 Å². The van der Waals surface area contributed by atoms with Gasteiger partial charge in [-0.15, -0.1) is 0 Å². The molecule has 32 heavy (non-hydrogen) atoms. The number of benzene rings is 2. The fourth-order valence-corrected chi connectivity index (χ4v) is 3.39. The molecule has 5 rings (SSSR count). The molecule has 0 saturated heterocycles. The highest BCUT2D eigenvalue weighted by atomic mass is 16.5. The minimum Gasteiger partial charge on any atom is -0.487 e. The highest BCUT2D eigenvalue weighted by molar-refractivity contribution is 6.03. The first-order valence-corrected chi connectivity index (χ1v) is 10.2. The largest absolute Gasteiger partial charge is 0.487 e. The van der Waals surface area contributed by atoms with Crippen LogP contribution in [0.15, 0.2) is 91.4 Å². The third kappa shape index (κ3) is 4.22. The summed E-state index contributed by atoms with van der Waals surface area (Å²) in [5.74, 6) is 0.926. The Morgan fingerprint density at radius 1 is 0.969 bits per heavy atom. The van der Waals surface area contributed by atoms with E-state index in [2.05, 4.69) is 15.4 Å². The lowest BCUT2D eigenvalue weighted by atomic mass is 10.2. The standard InChI is InChI=1S/C25H21N5O2/c1-18-7-12-24-26-20(16-29(24)15-18)17-32-22-10-8-19(9-11-22)25(31)27-23-13-14-30(28-23)21-5-3-2-4-6-21/h2-16H,17H2,1H3,(H,27,28,31). The highest BCUT2D eigenvalue weighted by Crippen LogP contribution is 2.16. The minimum absolute atomic E-state index is 0.231. The molecule has 0 unspecified atom stereocenters. The van der Waals surface area contributed by atoms with Crippen LogP contribution in [-0.4, -0.2) is 25.1 Å². The van der Waals surface area contributed by atoms with Crippen LogP contribution in [0.2, 0.25) is 0 Å². The molecule has 0 atom stereocenters. The molecule has 0 spiro atoms. The maximum absolute atomic E-state index is 12.6. The molecule has 7 nitrogen and oxygen atoms in total. The van der Waals surface area contributed by atoms with Crippen LogP contribution in [0.25, 0.3) is 11.3 Å². The van der Waals surface area contributed by atoms with Gasteiger partial charge in [0.1, 0.15) is 18.0 Å². The van der Waals surface area contributed by atoms with E-state index in [1.807, 2.05) is 72.4 Å². The maximum Gasteiger partial charge on any atom is 0.256 e. The zero-order valence-corrected chi connectivity index (χ0v) is 17.5. The fourth-order valence-electron chi connectivity index (χ4n) is 3.39. The molecule has 0 saturated carbocycles. The fraction of sp³-hybridized carbons (Fsp3) is 0.0800. The van der Waals surface area contributed by atoms with E-state index in [1.165, 1.54) is 5.56 Å². The number of ether oxygens (including phenoxy) is 1. The van der Waals surface area contributed by atoms with Gasteiger partial charge in [-0.25, -0.2) is 9.67 Å². The van der Waals surface area contributed by atoms with E-state index in [0.717, 1.165) is 17.0 Å². The van der Waals surface area contributed by atoms with Crippen LogP contribution in [0.4, 0.5) is 5.82 Å². The number of imidazole rings is 1. The zero-order chi connectivity index (χ0) is 21.9. The predicted octanol–water partition coefficient (Wildman–Crippen LogP) is 4.66. The van der Waals surface area contributed by atoms with E-state index in [9.17, 15) is 4.79 Å². The van der Waals surface area contributed by atoms with Gasteiger partial charge in [0, 0.05) is 30.2 Å². The first kappa shape index (κ1) is 19.6. The summed E-state index contributed by atoms with van der Waals surface area (Å²) in [5.41, 5.74) is 4.34. The Morgan fingerprint density at radius 2 is 1.78 bits per heavy atom. The topological polar surface area (TPSA) is 73.4 Å². The monoisotopic (exact) mass is 423 g/mol. The molecule has 3 heterocycles. The normalized spacial score (nSPS) is 10.9. The van der Waals surface area contributed by atoms with Crippen LogP contribution >= 0.6 is 0 Å². The maximum atomic E-state index is 12.6. The van der Waals surface area contributed by atoms with Gasteiger partial charge in [0.05, 0.1) is 11.4 Å². The first-order valence-electron chi connectivity index (χ1n) is 10.2. The summed E-state index contributed by atoms with van der Waals surface area (Å²) in [4.78, 5) is 17.1. The Labute approximate surface area is 184 Å². The van der Waals surface area contributed by atoms with Crippen LogP contribution in [0.1, 0.15) is 21.6 Å². The molecule has 0 aliphatic carbocycles. The Balaban J connectivity index is 1.20. The van der Waals surface area contributed by atoms with Gasteiger partial charge in [-0.2, -0.15) is 5.10 Å². The average Bonchev–Trinajstić information content (AvgIpc) is 3.45. The lowest BCUT2D eigenvalue weighted by molar-refractivity contribution is 0.102. The molecule has 1 amide bonds. The number of fused-ring (bicyclic) bond motifs is 1. The highest BCUT2D eigenvalue weighted by Gasteiger charge is 2.09. The number of para-hydroxylation sites is 1. The second-order valence-corrected chi connectivity index (χ2v) is 7.45. The molecule has 158 valence electrons. The van der Waals surface area contributed by atoms with Gasteiger partial charge < -0.3 is 14.5 Å². The number of nitrogens with one attached hydrogen (secondary N) is 1. The van der Waals surface area contributed by atoms with Crippen molar-refractivity contribution in [3.05, 3.63) is 108 Å². The van der Waals surface area contributed by atoms with Gasteiger partial charge >= 0.3 is 0 Å². The molecule has 7 heteroatoms. The van der Waals surface area contributed by atoms with Gasteiger partial charge in [0.25, 0.3) is 5.91 Å². The SMILES string of the molecule is Cc1ccc2nc(COc3ccc(C(=O)Nc4ccn(-c5ccccc5)n4)cc3)cn2c1. The third-order valence-electron chi connectivity index (χ3n) is 5.00. The van der Waals surface area contributed by atoms with Crippen LogP contribution in [0.5, 0.6) is 5.75 Å². The number of nitrogens with zero attached hydrogens (tertiary/aromatic N) is 4. The molecule has 0 bridgehead atoms. The van der Waals surface area contributed by atoms with Crippen molar-refractivity contribution in [2.45, 2.75) is 13.5 Å². The minimum atomic E-state index is -0.231. The summed E-state index contributed by atoms with van der Waals surface area (Å²) in [5, 5.41) is 7.22. The number of amides is 1. The molecule has 0 fully saturated rings. The summed E-state index contributed by atoms with van der Waals surface area (Å²) in [6, 6.07) is 22.5. The molecule has 2 aromatic carbocycles. The van der Waals surface area contributed by atoms with E-state index in [4.69, 9.17) is 4.74 Å². The first-order chi connectivity index (χ1) is 15.6. The summed E-state index contributed by atoms with van der Waals surface area (Å²) in [7, 11) is 0. The van der Waals surface area contributed by atoms with E-state index in [-0.39, 0.29) is 5.91 Å². The lowest BCUT2D eigenvalue weighted by Crippen LogP contribution is -2.12. The number of pyridine rings is 1. The molecule has 1 N–H and O–H groups in total. The number of carbonyl (C=O) groups is 1. The van der Waals surface area contributed by atoms with Crippen molar-refractivity contribution in [3.63, 3.8) is 0 Å². The molecule has 0 radical (unpaired) electrons.